The lowest BCUT2D eigenvalue weighted by atomic mass is 10.2. The normalized spacial score (nSPS) is 15.6. The molecule has 1 rings (SSSR count). The number of nitrogens with one attached hydrogen (secondary N) is 1. The molecule has 7 heteroatoms. The van der Waals surface area contributed by atoms with Crippen LogP contribution in [0.5, 0.6) is 0 Å². The van der Waals surface area contributed by atoms with Crippen molar-refractivity contribution in [2.24, 2.45) is 5.92 Å². The number of amides is 2. The number of hydrogen-bond donors (Lipinski definition) is 2. The third-order valence-corrected chi connectivity index (χ3v) is 3.00. The molecule has 1 aliphatic rings. The highest BCUT2D eigenvalue weighted by atomic mass is 16.5. The van der Waals surface area contributed by atoms with Crippen LogP contribution in [-0.2, 0) is 14.3 Å². The molecule has 0 spiro atoms. The molecule has 1 atom stereocenters. The van der Waals surface area contributed by atoms with Crippen molar-refractivity contribution in [3.8, 4) is 0 Å². The third-order valence-electron chi connectivity index (χ3n) is 3.00. The fourth-order valence-electron chi connectivity index (χ4n) is 1.86. The summed E-state index contributed by atoms with van der Waals surface area (Å²) in [5.74, 6) is -1.62. The first-order valence-electron chi connectivity index (χ1n) is 6.71. The molecule has 0 saturated heterocycles. The second kappa shape index (κ2) is 7.12. The molecule has 0 aromatic heterocycles. The van der Waals surface area contributed by atoms with E-state index in [0.29, 0.717) is 12.5 Å². The van der Waals surface area contributed by atoms with E-state index >= 15 is 0 Å². The number of rotatable bonds is 7. The number of carbonyl (C=O) groups excluding carboxylic acids is 2. The van der Waals surface area contributed by atoms with Crippen LogP contribution in [0.4, 0.5) is 4.79 Å². The number of aliphatic carboxylic acids is 1. The van der Waals surface area contributed by atoms with E-state index in [1.807, 2.05) is 13.8 Å². The van der Waals surface area contributed by atoms with Crippen molar-refractivity contribution in [3.63, 3.8) is 0 Å². The van der Waals surface area contributed by atoms with Crippen molar-refractivity contribution in [1.82, 2.24) is 10.2 Å². The fraction of sp³-hybridized carbons (Fsp3) is 0.769. The Morgan fingerprint density at radius 2 is 1.95 bits per heavy atom. The van der Waals surface area contributed by atoms with Gasteiger partial charge in [0.2, 0.25) is 0 Å². The van der Waals surface area contributed by atoms with Gasteiger partial charge in [0.1, 0.15) is 6.04 Å². The fourth-order valence-corrected chi connectivity index (χ4v) is 1.86. The second-order valence-electron chi connectivity index (χ2n) is 5.40. The second-order valence-corrected chi connectivity index (χ2v) is 5.40. The minimum atomic E-state index is -1.26. The monoisotopic (exact) mass is 286 g/mol. The number of urea groups is 1. The molecule has 1 fully saturated rings. The van der Waals surface area contributed by atoms with Crippen molar-refractivity contribution in [3.05, 3.63) is 0 Å². The molecular weight excluding hydrogens is 264 g/mol. The Morgan fingerprint density at radius 1 is 1.35 bits per heavy atom. The molecule has 2 amide bonds. The Labute approximate surface area is 118 Å². The molecule has 0 unspecified atom stereocenters. The van der Waals surface area contributed by atoms with Crippen LogP contribution in [0.15, 0.2) is 0 Å². The number of hydrogen-bond acceptors (Lipinski definition) is 4. The van der Waals surface area contributed by atoms with Gasteiger partial charge in [-0.05, 0) is 18.8 Å². The van der Waals surface area contributed by atoms with Gasteiger partial charge in [-0.3, -0.25) is 4.79 Å². The first-order chi connectivity index (χ1) is 9.35. The van der Waals surface area contributed by atoms with E-state index in [4.69, 9.17) is 5.11 Å². The van der Waals surface area contributed by atoms with Crippen LogP contribution in [-0.4, -0.2) is 53.7 Å². The van der Waals surface area contributed by atoms with Crippen LogP contribution in [0.25, 0.3) is 0 Å². The van der Waals surface area contributed by atoms with E-state index in [1.165, 1.54) is 7.11 Å². The molecule has 0 heterocycles. The number of methoxy groups -OCH3 is 1. The summed E-state index contributed by atoms with van der Waals surface area (Å²) in [6.45, 7) is 4.55. The maximum Gasteiger partial charge on any atom is 0.326 e. The maximum absolute atomic E-state index is 12.1. The summed E-state index contributed by atoms with van der Waals surface area (Å²) in [5.41, 5.74) is 0. The van der Waals surface area contributed by atoms with Crippen molar-refractivity contribution in [2.75, 3.05) is 13.7 Å². The predicted molar refractivity (Wildman–Crippen MR) is 71.2 cm³/mol. The highest BCUT2D eigenvalue weighted by molar-refractivity contribution is 5.86. The van der Waals surface area contributed by atoms with E-state index in [0.717, 1.165) is 12.8 Å². The van der Waals surface area contributed by atoms with Crippen molar-refractivity contribution in [1.29, 1.82) is 0 Å². The number of carbonyl (C=O) groups is 3. The van der Waals surface area contributed by atoms with Crippen LogP contribution in [0.1, 0.15) is 33.1 Å². The quantitative estimate of drug-likeness (QED) is 0.676. The van der Waals surface area contributed by atoms with Crippen LogP contribution in [0, 0.1) is 5.92 Å². The van der Waals surface area contributed by atoms with Crippen LogP contribution < -0.4 is 5.32 Å². The Morgan fingerprint density at radius 3 is 2.35 bits per heavy atom. The number of carboxylic acid groups (broad SMARTS) is 1. The van der Waals surface area contributed by atoms with Crippen LogP contribution in [0.2, 0.25) is 0 Å². The minimum absolute atomic E-state index is 0.185. The van der Waals surface area contributed by atoms with Gasteiger partial charge in [0, 0.05) is 12.6 Å². The molecule has 20 heavy (non-hydrogen) atoms. The van der Waals surface area contributed by atoms with Gasteiger partial charge in [-0.1, -0.05) is 13.8 Å². The SMILES string of the molecule is COC(=O)C[C@H](NC(=O)N(CC(C)C)C1CC1)C(=O)O. The average molecular weight is 286 g/mol. The average Bonchev–Trinajstić information content (AvgIpc) is 3.18. The molecule has 114 valence electrons. The third kappa shape index (κ3) is 5.07. The largest absolute Gasteiger partial charge is 0.480 e. The summed E-state index contributed by atoms with van der Waals surface area (Å²) in [6, 6.07) is -1.51. The zero-order chi connectivity index (χ0) is 15.3. The van der Waals surface area contributed by atoms with Crippen molar-refractivity contribution >= 4 is 18.0 Å². The molecule has 2 N–H and O–H groups in total. The Bertz CT molecular complexity index is 379. The number of ether oxygens (including phenoxy) is 1. The predicted octanol–water partition coefficient (Wildman–Crippen LogP) is 0.833. The van der Waals surface area contributed by atoms with Gasteiger partial charge < -0.3 is 20.1 Å². The summed E-state index contributed by atoms with van der Waals surface area (Å²) >= 11 is 0. The Hall–Kier alpha value is -1.79. The molecule has 1 aliphatic carbocycles. The molecule has 0 aliphatic heterocycles. The molecule has 1 saturated carbocycles. The van der Waals surface area contributed by atoms with E-state index in [-0.39, 0.29) is 12.5 Å². The lowest BCUT2D eigenvalue weighted by molar-refractivity contribution is -0.147. The Kier molecular flexibility index (Phi) is 5.79. The topological polar surface area (TPSA) is 95.9 Å². The zero-order valence-corrected chi connectivity index (χ0v) is 12.1. The van der Waals surface area contributed by atoms with Crippen LogP contribution in [0.3, 0.4) is 0 Å². The van der Waals surface area contributed by atoms with E-state index < -0.39 is 24.0 Å². The molecular formula is C13H22N2O5. The number of esters is 1. The number of carboxylic acids is 1. The molecule has 0 aromatic carbocycles. The lowest BCUT2D eigenvalue weighted by Crippen LogP contribution is -2.50. The summed E-state index contributed by atoms with van der Waals surface area (Å²) in [7, 11) is 1.18. The summed E-state index contributed by atoms with van der Waals surface area (Å²) < 4.78 is 4.43. The summed E-state index contributed by atoms with van der Waals surface area (Å²) in [5, 5.41) is 11.4. The Balaban J connectivity index is 2.63. The van der Waals surface area contributed by atoms with Gasteiger partial charge in [-0.25, -0.2) is 9.59 Å². The van der Waals surface area contributed by atoms with Gasteiger partial charge in [0.25, 0.3) is 0 Å². The lowest BCUT2D eigenvalue weighted by Gasteiger charge is -2.26. The highest BCUT2D eigenvalue weighted by Gasteiger charge is 2.35. The smallest absolute Gasteiger partial charge is 0.326 e. The van der Waals surface area contributed by atoms with E-state index in [1.54, 1.807) is 4.90 Å². The molecule has 0 aromatic rings. The maximum atomic E-state index is 12.1. The van der Waals surface area contributed by atoms with Crippen molar-refractivity contribution in [2.45, 2.75) is 45.2 Å². The summed E-state index contributed by atoms with van der Waals surface area (Å²) in [4.78, 5) is 36.0. The van der Waals surface area contributed by atoms with E-state index in [2.05, 4.69) is 10.1 Å². The number of nitrogens with zero attached hydrogens (tertiary/aromatic N) is 1. The van der Waals surface area contributed by atoms with Gasteiger partial charge in [-0.15, -0.1) is 0 Å². The minimum Gasteiger partial charge on any atom is -0.480 e. The van der Waals surface area contributed by atoms with Crippen molar-refractivity contribution < 1.29 is 24.2 Å². The first-order valence-corrected chi connectivity index (χ1v) is 6.71. The molecule has 0 radical (unpaired) electrons. The zero-order valence-electron chi connectivity index (χ0n) is 12.1. The first kappa shape index (κ1) is 16.3. The highest BCUT2D eigenvalue weighted by Crippen LogP contribution is 2.27. The standard InChI is InChI=1S/C13H22N2O5/c1-8(2)7-15(9-4-5-9)13(19)14-10(12(17)18)6-11(16)20-3/h8-10H,4-7H2,1-3H3,(H,14,19)(H,17,18)/t10-/m0/s1. The van der Waals surface area contributed by atoms with Gasteiger partial charge >= 0.3 is 18.0 Å². The van der Waals surface area contributed by atoms with Gasteiger partial charge in [-0.2, -0.15) is 0 Å². The van der Waals surface area contributed by atoms with Crippen LogP contribution >= 0.6 is 0 Å². The van der Waals surface area contributed by atoms with Gasteiger partial charge in [0.05, 0.1) is 13.5 Å². The summed E-state index contributed by atoms with van der Waals surface area (Å²) in [6.07, 6.45) is 1.50. The molecule has 7 nitrogen and oxygen atoms in total. The molecule has 0 bridgehead atoms. The van der Waals surface area contributed by atoms with Gasteiger partial charge in [0.15, 0.2) is 0 Å². The van der Waals surface area contributed by atoms with E-state index in [9.17, 15) is 14.4 Å².